The van der Waals surface area contributed by atoms with E-state index < -0.39 is 0 Å². The Balaban J connectivity index is 1.51. The average molecular weight is 473 g/mol. The quantitative estimate of drug-likeness (QED) is 0.333. The van der Waals surface area contributed by atoms with Gasteiger partial charge in [0, 0.05) is 22.0 Å². The molecule has 4 nitrogen and oxygen atoms in total. The number of amides is 2. The number of halogens is 2. The van der Waals surface area contributed by atoms with Crippen molar-refractivity contribution in [3.8, 4) is 0 Å². The molecule has 4 aromatic rings. The van der Waals surface area contributed by atoms with Gasteiger partial charge in [-0.05, 0) is 71.8 Å². The molecule has 0 aliphatic rings. The van der Waals surface area contributed by atoms with Crippen LogP contribution in [0.25, 0.3) is 0 Å². The lowest BCUT2D eigenvalue weighted by molar-refractivity contribution is -0.115. The Morgan fingerprint density at radius 3 is 2.06 bits per heavy atom. The maximum Gasteiger partial charge on any atom is 0.258 e. The van der Waals surface area contributed by atoms with E-state index >= 15 is 0 Å². The Labute approximate surface area is 202 Å². The highest BCUT2D eigenvalue weighted by atomic mass is 35.5. The first kappa shape index (κ1) is 23.2. The van der Waals surface area contributed by atoms with E-state index in [1.807, 2.05) is 54.6 Å². The van der Waals surface area contributed by atoms with Crippen LogP contribution < -0.4 is 10.2 Å². The van der Waals surface area contributed by atoms with Crippen molar-refractivity contribution in [3.05, 3.63) is 131 Å². The van der Waals surface area contributed by atoms with Crippen molar-refractivity contribution in [2.45, 2.75) is 13.0 Å². The summed E-state index contributed by atoms with van der Waals surface area (Å²) in [4.78, 5) is 27.4. The molecule has 0 heterocycles. The Bertz CT molecular complexity index is 1260. The summed E-state index contributed by atoms with van der Waals surface area (Å²) in [6.45, 7) is 0.396. The summed E-state index contributed by atoms with van der Waals surface area (Å²) in [5, 5.41) is 3.32. The van der Waals surface area contributed by atoms with E-state index in [0.717, 1.165) is 11.1 Å². The normalized spacial score (nSPS) is 10.5. The highest BCUT2D eigenvalue weighted by Gasteiger charge is 2.18. The summed E-state index contributed by atoms with van der Waals surface area (Å²) in [5.41, 5.74) is 3.56. The molecule has 6 heteroatoms. The predicted molar refractivity (Wildman–Crippen MR) is 134 cm³/mol. The van der Waals surface area contributed by atoms with Crippen molar-refractivity contribution in [1.29, 1.82) is 0 Å². The van der Waals surface area contributed by atoms with Gasteiger partial charge in [0.2, 0.25) is 5.91 Å². The first-order valence-electron chi connectivity index (χ1n) is 10.7. The van der Waals surface area contributed by atoms with Gasteiger partial charge in [0.05, 0.1) is 13.0 Å². The minimum Gasteiger partial charge on any atom is -0.326 e. The third kappa shape index (κ3) is 6.09. The number of nitrogens with zero attached hydrogens (tertiary/aromatic N) is 1. The summed E-state index contributed by atoms with van der Waals surface area (Å²) < 4.78 is 13.0. The Morgan fingerprint density at radius 1 is 0.765 bits per heavy atom. The van der Waals surface area contributed by atoms with E-state index in [-0.39, 0.29) is 24.1 Å². The highest BCUT2D eigenvalue weighted by Crippen LogP contribution is 2.22. The van der Waals surface area contributed by atoms with E-state index in [4.69, 9.17) is 11.6 Å². The molecule has 0 saturated carbocycles. The number of benzene rings is 4. The van der Waals surface area contributed by atoms with Crippen molar-refractivity contribution in [1.82, 2.24) is 0 Å². The van der Waals surface area contributed by atoms with Crippen molar-refractivity contribution >= 4 is 34.8 Å². The first-order chi connectivity index (χ1) is 16.5. The van der Waals surface area contributed by atoms with Gasteiger partial charge in [-0.25, -0.2) is 4.39 Å². The van der Waals surface area contributed by atoms with Crippen LogP contribution in [0.2, 0.25) is 5.02 Å². The maximum atomic E-state index is 13.3. The molecule has 0 atom stereocenters. The highest BCUT2D eigenvalue weighted by molar-refractivity contribution is 6.30. The monoisotopic (exact) mass is 472 g/mol. The van der Waals surface area contributed by atoms with Crippen molar-refractivity contribution in [2.24, 2.45) is 0 Å². The molecule has 0 radical (unpaired) electrons. The van der Waals surface area contributed by atoms with Crippen molar-refractivity contribution in [3.63, 3.8) is 0 Å². The van der Waals surface area contributed by atoms with Gasteiger partial charge in [-0.3, -0.25) is 9.59 Å². The van der Waals surface area contributed by atoms with Crippen LogP contribution >= 0.6 is 11.6 Å². The summed E-state index contributed by atoms with van der Waals surface area (Å²) in [6.07, 6.45) is 0.154. The zero-order chi connectivity index (χ0) is 23.9. The molecule has 0 spiro atoms. The number of carbonyl (C=O) groups excluding carboxylic acids is 2. The van der Waals surface area contributed by atoms with Crippen LogP contribution in [0, 0.1) is 5.82 Å². The minimum atomic E-state index is -0.359. The smallest absolute Gasteiger partial charge is 0.258 e. The topological polar surface area (TPSA) is 49.4 Å². The lowest BCUT2D eigenvalue weighted by atomic mass is 10.1. The summed E-state index contributed by atoms with van der Waals surface area (Å²) in [6, 6.07) is 29.5. The SMILES string of the molecule is O=C(Cc1ccc(N(Cc2ccccc2)C(=O)c2ccc(Cl)cc2)cc1)Nc1ccc(F)cc1. The fraction of sp³-hybridized carbons (Fsp3) is 0.0714. The van der Waals surface area contributed by atoms with E-state index in [1.165, 1.54) is 24.3 Å². The van der Waals surface area contributed by atoms with E-state index in [1.54, 1.807) is 29.2 Å². The maximum absolute atomic E-state index is 13.3. The number of rotatable bonds is 7. The van der Waals surface area contributed by atoms with Gasteiger partial charge in [0.25, 0.3) is 5.91 Å². The van der Waals surface area contributed by atoms with Gasteiger partial charge in [-0.1, -0.05) is 54.1 Å². The molecule has 0 aliphatic heterocycles. The van der Waals surface area contributed by atoms with Gasteiger partial charge in [-0.2, -0.15) is 0 Å². The molecule has 4 aromatic carbocycles. The Morgan fingerprint density at radius 2 is 1.41 bits per heavy atom. The Hall–Kier alpha value is -3.96. The minimum absolute atomic E-state index is 0.151. The summed E-state index contributed by atoms with van der Waals surface area (Å²) in [5.74, 6) is -0.721. The second-order valence-corrected chi connectivity index (χ2v) is 8.22. The van der Waals surface area contributed by atoms with Crippen LogP contribution in [0.15, 0.2) is 103 Å². The molecule has 0 bridgehead atoms. The number of hydrogen-bond acceptors (Lipinski definition) is 2. The number of nitrogens with one attached hydrogen (secondary N) is 1. The van der Waals surface area contributed by atoms with Crippen LogP contribution in [0.4, 0.5) is 15.8 Å². The third-order valence-electron chi connectivity index (χ3n) is 5.26. The molecular formula is C28H22ClFN2O2. The molecule has 170 valence electrons. The fourth-order valence-electron chi connectivity index (χ4n) is 3.51. The van der Waals surface area contributed by atoms with Gasteiger partial charge < -0.3 is 10.2 Å². The molecule has 0 saturated heterocycles. The van der Waals surface area contributed by atoms with Crippen molar-refractivity contribution in [2.75, 3.05) is 10.2 Å². The Kier molecular flexibility index (Phi) is 7.35. The van der Waals surface area contributed by atoms with Crippen LogP contribution in [0.1, 0.15) is 21.5 Å². The molecule has 0 aliphatic carbocycles. The second-order valence-electron chi connectivity index (χ2n) is 7.78. The molecule has 0 fully saturated rings. The molecular weight excluding hydrogens is 451 g/mol. The number of carbonyl (C=O) groups is 2. The summed E-state index contributed by atoms with van der Waals surface area (Å²) in [7, 11) is 0. The standard InChI is InChI=1S/C28H22ClFN2O2/c29-23-10-8-22(9-11-23)28(34)32(19-21-4-2-1-3-5-21)26-16-6-20(7-17-26)18-27(33)31-25-14-12-24(30)13-15-25/h1-17H,18-19H2,(H,31,33). The zero-order valence-electron chi connectivity index (χ0n) is 18.2. The molecule has 34 heavy (non-hydrogen) atoms. The van der Waals surface area contributed by atoms with Gasteiger partial charge in [0.1, 0.15) is 5.82 Å². The third-order valence-corrected chi connectivity index (χ3v) is 5.51. The lowest BCUT2D eigenvalue weighted by Crippen LogP contribution is -2.30. The first-order valence-corrected chi connectivity index (χ1v) is 11.1. The van der Waals surface area contributed by atoms with Crippen LogP contribution in [0.5, 0.6) is 0 Å². The second kappa shape index (κ2) is 10.8. The number of hydrogen-bond donors (Lipinski definition) is 1. The molecule has 0 unspecified atom stereocenters. The van der Waals surface area contributed by atoms with Crippen molar-refractivity contribution < 1.29 is 14.0 Å². The largest absolute Gasteiger partial charge is 0.326 e. The molecule has 1 N–H and O–H groups in total. The lowest BCUT2D eigenvalue weighted by Gasteiger charge is -2.23. The molecule has 2 amide bonds. The van der Waals surface area contributed by atoms with Crippen LogP contribution in [-0.2, 0) is 17.8 Å². The van der Waals surface area contributed by atoms with Crippen LogP contribution in [0.3, 0.4) is 0 Å². The zero-order valence-corrected chi connectivity index (χ0v) is 19.0. The molecule has 0 aromatic heterocycles. The van der Waals surface area contributed by atoms with Crippen LogP contribution in [-0.4, -0.2) is 11.8 Å². The van der Waals surface area contributed by atoms with Gasteiger partial charge in [0.15, 0.2) is 0 Å². The average Bonchev–Trinajstić information content (AvgIpc) is 2.85. The molecule has 4 rings (SSSR count). The summed E-state index contributed by atoms with van der Waals surface area (Å²) >= 11 is 5.99. The van der Waals surface area contributed by atoms with E-state index in [0.29, 0.717) is 28.5 Å². The predicted octanol–water partition coefficient (Wildman–Crippen LogP) is 6.51. The van der Waals surface area contributed by atoms with Gasteiger partial charge >= 0.3 is 0 Å². The van der Waals surface area contributed by atoms with E-state index in [9.17, 15) is 14.0 Å². The fourth-order valence-corrected chi connectivity index (χ4v) is 3.64. The van der Waals surface area contributed by atoms with Gasteiger partial charge in [-0.15, -0.1) is 0 Å². The van der Waals surface area contributed by atoms with E-state index in [2.05, 4.69) is 5.32 Å². The number of anilines is 2.